The molecular weight excluding hydrogens is 310 g/mol. The minimum absolute atomic E-state index is 0.0600. The van der Waals surface area contributed by atoms with Crippen molar-refractivity contribution in [3.63, 3.8) is 0 Å². The van der Waals surface area contributed by atoms with Crippen molar-refractivity contribution < 1.29 is 27.5 Å². The number of nitrogens with two attached hydrogens (primary N) is 1. The zero-order chi connectivity index (χ0) is 17.0. The van der Waals surface area contributed by atoms with Gasteiger partial charge in [-0.15, -0.1) is 0 Å². The Labute approximate surface area is 130 Å². The summed E-state index contributed by atoms with van der Waals surface area (Å²) in [7, 11) is -4.22. The fraction of sp³-hybridized carbons (Fsp3) is 0.571. The van der Waals surface area contributed by atoms with E-state index < -0.39 is 38.7 Å². The van der Waals surface area contributed by atoms with E-state index in [4.69, 9.17) is 14.6 Å². The van der Waals surface area contributed by atoms with Crippen molar-refractivity contribution in [2.24, 2.45) is 10.6 Å². The van der Waals surface area contributed by atoms with Crippen molar-refractivity contribution in [3.8, 4) is 0 Å². The number of carbonyl (C=O) groups excluding carboxylic acids is 2. The van der Waals surface area contributed by atoms with Crippen LogP contribution >= 0.6 is 0 Å². The molecule has 2 atom stereocenters. The first-order chi connectivity index (χ1) is 10.2. The van der Waals surface area contributed by atoms with Gasteiger partial charge in [-0.25, -0.2) is 13.6 Å². The number of esters is 2. The van der Waals surface area contributed by atoms with Crippen LogP contribution < -0.4 is 5.14 Å². The number of primary sulfonamides is 1. The molecule has 0 radical (unpaired) electrons. The highest BCUT2D eigenvalue weighted by molar-refractivity contribution is 7.90. The summed E-state index contributed by atoms with van der Waals surface area (Å²) < 4.78 is 33.8. The van der Waals surface area contributed by atoms with Crippen LogP contribution in [0.4, 0.5) is 0 Å². The lowest BCUT2D eigenvalue weighted by Gasteiger charge is -2.33. The van der Waals surface area contributed by atoms with E-state index in [9.17, 15) is 18.0 Å². The lowest BCUT2D eigenvalue weighted by molar-refractivity contribution is -0.170. The topological polar surface area (TPSA) is 113 Å². The fourth-order valence-corrected chi connectivity index (χ4v) is 3.16. The van der Waals surface area contributed by atoms with Crippen LogP contribution in [0.25, 0.3) is 0 Å². The van der Waals surface area contributed by atoms with Gasteiger partial charge < -0.3 is 9.47 Å². The standard InChI is InChI=1S/C14H21NO6S/c1-4-9-20-12(16)14(13(17)21-10(2)3)8-6-5-7-11(14)22(15,18)19/h5-8,10-11H,4,9H2,1-3H3,(H2,15,18,19). The Balaban J connectivity index is 3.37. The number of rotatable bonds is 6. The molecule has 0 bridgehead atoms. The van der Waals surface area contributed by atoms with Crippen LogP contribution in [0.2, 0.25) is 0 Å². The highest BCUT2D eigenvalue weighted by Gasteiger charge is 2.57. The van der Waals surface area contributed by atoms with E-state index in [2.05, 4.69) is 0 Å². The smallest absolute Gasteiger partial charge is 0.329 e. The summed E-state index contributed by atoms with van der Waals surface area (Å²) >= 11 is 0. The second-order valence-electron chi connectivity index (χ2n) is 5.21. The van der Waals surface area contributed by atoms with Gasteiger partial charge in [0.1, 0.15) is 5.25 Å². The molecule has 22 heavy (non-hydrogen) atoms. The molecule has 0 spiro atoms. The van der Waals surface area contributed by atoms with E-state index in [0.29, 0.717) is 6.42 Å². The predicted molar refractivity (Wildman–Crippen MR) is 80.1 cm³/mol. The third kappa shape index (κ3) is 3.75. The number of sulfonamides is 1. The molecule has 1 rings (SSSR count). The summed E-state index contributed by atoms with van der Waals surface area (Å²) in [4.78, 5) is 24.9. The van der Waals surface area contributed by atoms with Gasteiger partial charge in [0.2, 0.25) is 15.4 Å². The van der Waals surface area contributed by atoms with Crippen LogP contribution in [0.3, 0.4) is 0 Å². The molecule has 0 fully saturated rings. The van der Waals surface area contributed by atoms with Crippen LogP contribution in [-0.2, 0) is 29.1 Å². The first-order valence-electron chi connectivity index (χ1n) is 6.92. The van der Waals surface area contributed by atoms with Crippen LogP contribution in [-0.4, -0.2) is 38.3 Å². The zero-order valence-electron chi connectivity index (χ0n) is 12.8. The summed E-state index contributed by atoms with van der Waals surface area (Å²) in [6, 6.07) is 0. The molecule has 124 valence electrons. The molecule has 0 saturated carbocycles. The molecule has 1 aliphatic rings. The molecule has 0 heterocycles. The van der Waals surface area contributed by atoms with E-state index in [0.717, 1.165) is 0 Å². The highest BCUT2D eigenvalue weighted by atomic mass is 32.2. The summed E-state index contributed by atoms with van der Waals surface area (Å²) in [5.74, 6) is -1.98. The lowest BCUT2D eigenvalue weighted by atomic mass is 9.81. The molecule has 0 saturated heterocycles. The van der Waals surface area contributed by atoms with Crippen molar-refractivity contribution in [3.05, 3.63) is 24.3 Å². The number of allylic oxidation sites excluding steroid dienone is 2. The summed E-state index contributed by atoms with van der Waals surface area (Å²) in [5.41, 5.74) is -2.12. The summed E-state index contributed by atoms with van der Waals surface area (Å²) in [5, 5.41) is 3.62. The maximum Gasteiger partial charge on any atom is 0.329 e. The maximum atomic E-state index is 12.5. The van der Waals surface area contributed by atoms with Gasteiger partial charge in [0.05, 0.1) is 12.7 Å². The quantitative estimate of drug-likeness (QED) is 0.565. The van der Waals surface area contributed by atoms with Crippen LogP contribution in [0, 0.1) is 5.41 Å². The molecule has 0 aromatic rings. The predicted octanol–water partition coefficient (Wildman–Crippen LogP) is 0.661. The Kier molecular flexibility index (Phi) is 5.90. The van der Waals surface area contributed by atoms with E-state index in [1.54, 1.807) is 20.8 Å². The SMILES string of the molecule is CCCOC(=O)C1(C(=O)OC(C)C)C=CC=CC1S(N)(=O)=O. The van der Waals surface area contributed by atoms with Gasteiger partial charge in [-0.05, 0) is 20.3 Å². The van der Waals surface area contributed by atoms with Gasteiger partial charge in [-0.3, -0.25) is 9.59 Å². The molecule has 0 aromatic heterocycles. The monoisotopic (exact) mass is 331 g/mol. The van der Waals surface area contributed by atoms with Gasteiger partial charge in [0, 0.05) is 0 Å². The van der Waals surface area contributed by atoms with Gasteiger partial charge in [-0.1, -0.05) is 31.2 Å². The number of hydrogen-bond donors (Lipinski definition) is 1. The normalized spacial score (nSPS) is 24.3. The number of hydrogen-bond acceptors (Lipinski definition) is 6. The summed E-state index contributed by atoms with van der Waals surface area (Å²) in [6.45, 7) is 5.03. The van der Waals surface area contributed by atoms with E-state index >= 15 is 0 Å². The summed E-state index contributed by atoms with van der Waals surface area (Å²) in [6.07, 6.45) is 5.17. The molecular formula is C14H21NO6S. The van der Waals surface area contributed by atoms with E-state index in [1.165, 1.54) is 24.3 Å². The third-order valence-electron chi connectivity index (χ3n) is 3.01. The first-order valence-corrected chi connectivity index (χ1v) is 8.53. The largest absolute Gasteiger partial charge is 0.465 e. The van der Waals surface area contributed by atoms with Crippen molar-refractivity contribution in [1.29, 1.82) is 0 Å². The highest BCUT2D eigenvalue weighted by Crippen LogP contribution is 2.35. The molecule has 0 amide bonds. The molecule has 1 aliphatic carbocycles. The third-order valence-corrected chi connectivity index (χ3v) is 4.25. The van der Waals surface area contributed by atoms with E-state index in [1.807, 2.05) is 0 Å². The van der Waals surface area contributed by atoms with Crippen LogP contribution in [0.1, 0.15) is 27.2 Å². The van der Waals surface area contributed by atoms with Crippen molar-refractivity contribution in [1.82, 2.24) is 0 Å². The fourth-order valence-electron chi connectivity index (χ4n) is 2.07. The van der Waals surface area contributed by atoms with Crippen molar-refractivity contribution in [2.45, 2.75) is 38.5 Å². The molecule has 0 aliphatic heterocycles. The van der Waals surface area contributed by atoms with Gasteiger partial charge >= 0.3 is 11.9 Å². The van der Waals surface area contributed by atoms with Crippen molar-refractivity contribution >= 4 is 22.0 Å². The van der Waals surface area contributed by atoms with E-state index in [-0.39, 0.29) is 6.61 Å². The Morgan fingerprint density at radius 1 is 1.27 bits per heavy atom. The molecule has 2 N–H and O–H groups in total. The second-order valence-corrected chi connectivity index (χ2v) is 6.90. The molecule has 7 nitrogen and oxygen atoms in total. The number of carbonyl (C=O) groups is 2. The molecule has 8 heteroatoms. The van der Waals surface area contributed by atoms with Gasteiger partial charge in [0.15, 0.2) is 0 Å². The minimum atomic E-state index is -4.22. The Morgan fingerprint density at radius 2 is 1.91 bits per heavy atom. The maximum absolute atomic E-state index is 12.5. The Bertz CT molecular complexity index is 592. The average Bonchev–Trinajstić information content (AvgIpc) is 2.42. The minimum Gasteiger partial charge on any atom is -0.465 e. The lowest BCUT2D eigenvalue weighted by Crippen LogP contribution is -2.54. The van der Waals surface area contributed by atoms with Gasteiger partial charge in [-0.2, -0.15) is 0 Å². The Hall–Kier alpha value is -1.67. The van der Waals surface area contributed by atoms with Gasteiger partial charge in [0.25, 0.3) is 0 Å². The first kappa shape index (κ1) is 18.4. The number of ether oxygens (including phenoxy) is 2. The molecule has 2 unspecified atom stereocenters. The Morgan fingerprint density at radius 3 is 2.41 bits per heavy atom. The zero-order valence-corrected chi connectivity index (χ0v) is 13.6. The van der Waals surface area contributed by atoms with Crippen LogP contribution in [0.15, 0.2) is 24.3 Å². The second kappa shape index (κ2) is 7.06. The molecule has 0 aromatic carbocycles. The van der Waals surface area contributed by atoms with Crippen molar-refractivity contribution in [2.75, 3.05) is 6.61 Å². The average molecular weight is 331 g/mol. The van der Waals surface area contributed by atoms with Crippen LogP contribution in [0.5, 0.6) is 0 Å².